The third-order valence-electron chi connectivity index (χ3n) is 3.33. The van der Waals surface area contributed by atoms with Gasteiger partial charge in [0.05, 0.1) is 6.10 Å². The minimum absolute atomic E-state index is 0.228. The van der Waals surface area contributed by atoms with E-state index in [1.807, 2.05) is 19.1 Å². The highest BCUT2D eigenvalue weighted by Gasteiger charge is 2.12. The molecule has 4 heteroatoms. The molecule has 2 unspecified atom stereocenters. The van der Waals surface area contributed by atoms with Crippen molar-refractivity contribution in [1.29, 1.82) is 0 Å². The number of ether oxygens (including phenoxy) is 1. The molecule has 0 aliphatic carbocycles. The van der Waals surface area contributed by atoms with Crippen LogP contribution in [0.5, 0.6) is 5.75 Å². The zero-order valence-electron chi connectivity index (χ0n) is 12.0. The highest BCUT2D eigenvalue weighted by molar-refractivity contribution is 9.10. The van der Waals surface area contributed by atoms with Gasteiger partial charge in [-0.15, -0.1) is 0 Å². The number of fused-ring (bicyclic) bond motifs is 1. The average Bonchev–Trinajstić information content (AvgIpc) is 2.37. The Balaban J connectivity index is 1.85. The van der Waals surface area contributed by atoms with Gasteiger partial charge < -0.3 is 15.2 Å². The molecule has 1 aromatic rings. The number of rotatable bonds is 6. The molecule has 2 N–H and O–H groups in total. The Kier molecular flexibility index (Phi) is 5.64. The lowest BCUT2D eigenvalue weighted by Crippen LogP contribution is -2.27. The molecule has 2 rings (SSSR count). The Morgan fingerprint density at radius 1 is 1.40 bits per heavy atom. The lowest BCUT2D eigenvalue weighted by molar-refractivity contribution is 0.163. The standard InChI is InChI=1S/C16H22BrNO2/c1-11(5-12(2)19)8-18-9-13-6-14-7-15(17)3-4-16(14)20-10-13/h3-4,6-7,11-12,18-19H,5,8-10H2,1-2H3. The molecule has 0 amide bonds. The van der Waals surface area contributed by atoms with Gasteiger partial charge in [0.25, 0.3) is 0 Å². The van der Waals surface area contributed by atoms with E-state index in [-0.39, 0.29) is 6.10 Å². The van der Waals surface area contributed by atoms with Crippen LogP contribution in [0.3, 0.4) is 0 Å². The molecular formula is C16H22BrNO2. The van der Waals surface area contributed by atoms with Gasteiger partial charge in [0.1, 0.15) is 12.4 Å². The van der Waals surface area contributed by atoms with Crippen molar-refractivity contribution in [1.82, 2.24) is 5.32 Å². The van der Waals surface area contributed by atoms with Gasteiger partial charge in [0.2, 0.25) is 0 Å². The fourth-order valence-corrected chi connectivity index (χ4v) is 2.82. The Labute approximate surface area is 129 Å². The summed E-state index contributed by atoms with van der Waals surface area (Å²) in [5.74, 6) is 1.42. The maximum atomic E-state index is 9.34. The molecule has 0 saturated heterocycles. The van der Waals surface area contributed by atoms with E-state index >= 15 is 0 Å². The summed E-state index contributed by atoms with van der Waals surface area (Å²) in [7, 11) is 0. The van der Waals surface area contributed by atoms with Crippen molar-refractivity contribution in [3.05, 3.63) is 33.8 Å². The fourth-order valence-electron chi connectivity index (χ4n) is 2.44. The third kappa shape index (κ3) is 4.62. The van der Waals surface area contributed by atoms with E-state index < -0.39 is 0 Å². The first kappa shape index (κ1) is 15.5. The fraction of sp³-hybridized carbons (Fsp3) is 0.500. The maximum Gasteiger partial charge on any atom is 0.127 e. The molecule has 0 saturated carbocycles. The molecule has 0 aromatic heterocycles. The van der Waals surface area contributed by atoms with E-state index in [9.17, 15) is 5.11 Å². The van der Waals surface area contributed by atoms with Crippen molar-refractivity contribution in [3.63, 3.8) is 0 Å². The average molecular weight is 340 g/mol. The molecular weight excluding hydrogens is 318 g/mol. The van der Waals surface area contributed by atoms with Crippen LogP contribution in [0.1, 0.15) is 25.8 Å². The molecule has 0 bridgehead atoms. The van der Waals surface area contributed by atoms with Crippen LogP contribution in [0.25, 0.3) is 6.08 Å². The van der Waals surface area contributed by atoms with Gasteiger partial charge in [-0.1, -0.05) is 22.9 Å². The van der Waals surface area contributed by atoms with Crippen LogP contribution in [0.2, 0.25) is 0 Å². The number of nitrogens with one attached hydrogen (secondary N) is 1. The first-order valence-electron chi connectivity index (χ1n) is 7.05. The van der Waals surface area contributed by atoms with E-state index in [2.05, 4.69) is 40.3 Å². The second-order valence-corrected chi connectivity index (χ2v) is 6.51. The van der Waals surface area contributed by atoms with E-state index in [1.54, 1.807) is 0 Å². The summed E-state index contributed by atoms with van der Waals surface area (Å²) in [6.07, 6.45) is 2.79. The van der Waals surface area contributed by atoms with Gasteiger partial charge in [0, 0.05) is 16.6 Å². The zero-order valence-corrected chi connectivity index (χ0v) is 13.6. The number of hydrogen-bond donors (Lipinski definition) is 2. The zero-order chi connectivity index (χ0) is 14.5. The van der Waals surface area contributed by atoms with Gasteiger partial charge >= 0.3 is 0 Å². The van der Waals surface area contributed by atoms with E-state index in [1.165, 1.54) is 5.57 Å². The van der Waals surface area contributed by atoms with Gasteiger partial charge in [0.15, 0.2) is 0 Å². The summed E-state index contributed by atoms with van der Waals surface area (Å²) in [6.45, 7) is 6.37. The van der Waals surface area contributed by atoms with Crippen molar-refractivity contribution in [2.75, 3.05) is 19.7 Å². The van der Waals surface area contributed by atoms with Crippen molar-refractivity contribution in [2.45, 2.75) is 26.4 Å². The SMILES string of the molecule is CC(O)CC(C)CNCC1=Cc2cc(Br)ccc2OC1. The Morgan fingerprint density at radius 3 is 2.95 bits per heavy atom. The van der Waals surface area contributed by atoms with Crippen LogP contribution in [-0.4, -0.2) is 30.9 Å². The topological polar surface area (TPSA) is 41.5 Å². The molecule has 1 aliphatic rings. The molecule has 0 spiro atoms. The maximum absolute atomic E-state index is 9.34. The minimum Gasteiger partial charge on any atom is -0.489 e. The first-order valence-corrected chi connectivity index (χ1v) is 7.84. The van der Waals surface area contributed by atoms with Crippen LogP contribution in [-0.2, 0) is 0 Å². The monoisotopic (exact) mass is 339 g/mol. The third-order valence-corrected chi connectivity index (χ3v) is 3.83. The minimum atomic E-state index is -0.228. The summed E-state index contributed by atoms with van der Waals surface area (Å²) in [4.78, 5) is 0. The first-order chi connectivity index (χ1) is 9.54. The number of hydrogen-bond acceptors (Lipinski definition) is 3. The lowest BCUT2D eigenvalue weighted by Gasteiger charge is -2.20. The molecule has 1 heterocycles. The van der Waals surface area contributed by atoms with Crippen molar-refractivity contribution >= 4 is 22.0 Å². The number of benzene rings is 1. The Bertz CT molecular complexity index is 485. The summed E-state index contributed by atoms with van der Waals surface area (Å²) in [5, 5.41) is 12.8. The molecule has 0 fully saturated rings. The summed E-state index contributed by atoms with van der Waals surface area (Å²) in [6, 6.07) is 6.06. The molecule has 1 aromatic carbocycles. The van der Waals surface area contributed by atoms with Gasteiger partial charge in [-0.2, -0.15) is 0 Å². The largest absolute Gasteiger partial charge is 0.489 e. The van der Waals surface area contributed by atoms with E-state index in [0.717, 1.165) is 35.3 Å². The van der Waals surface area contributed by atoms with Crippen LogP contribution in [0.15, 0.2) is 28.2 Å². The summed E-state index contributed by atoms with van der Waals surface area (Å²) < 4.78 is 6.81. The number of aliphatic hydroxyl groups is 1. The predicted octanol–water partition coefficient (Wildman–Crippen LogP) is 3.22. The molecule has 2 atom stereocenters. The molecule has 1 aliphatic heterocycles. The van der Waals surface area contributed by atoms with Gasteiger partial charge in [-0.05, 0) is 55.7 Å². The smallest absolute Gasteiger partial charge is 0.127 e. The second-order valence-electron chi connectivity index (χ2n) is 5.59. The number of aliphatic hydroxyl groups excluding tert-OH is 1. The molecule has 110 valence electrons. The van der Waals surface area contributed by atoms with Gasteiger partial charge in [-0.3, -0.25) is 0 Å². The van der Waals surface area contributed by atoms with Crippen LogP contribution >= 0.6 is 15.9 Å². The Morgan fingerprint density at radius 2 is 2.20 bits per heavy atom. The summed E-state index contributed by atoms with van der Waals surface area (Å²) in [5.41, 5.74) is 2.37. The van der Waals surface area contributed by atoms with Gasteiger partial charge in [-0.25, -0.2) is 0 Å². The molecule has 20 heavy (non-hydrogen) atoms. The number of halogens is 1. The second kappa shape index (κ2) is 7.25. The van der Waals surface area contributed by atoms with Crippen molar-refractivity contribution in [2.24, 2.45) is 5.92 Å². The van der Waals surface area contributed by atoms with Crippen LogP contribution < -0.4 is 10.1 Å². The lowest BCUT2D eigenvalue weighted by atomic mass is 10.0. The van der Waals surface area contributed by atoms with Crippen molar-refractivity contribution in [3.8, 4) is 5.75 Å². The summed E-state index contributed by atoms with van der Waals surface area (Å²) >= 11 is 3.48. The van der Waals surface area contributed by atoms with E-state index in [0.29, 0.717) is 12.5 Å². The highest BCUT2D eigenvalue weighted by Crippen LogP contribution is 2.28. The predicted molar refractivity (Wildman–Crippen MR) is 85.9 cm³/mol. The van der Waals surface area contributed by atoms with Crippen molar-refractivity contribution < 1.29 is 9.84 Å². The molecule has 3 nitrogen and oxygen atoms in total. The van der Waals surface area contributed by atoms with E-state index in [4.69, 9.17) is 4.74 Å². The highest BCUT2D eigenvalue weighted by atomic mass is 79.9. The quantitative estimate of drug-likeness (QED) is 0.836. The normalized spacial score (nSPS) is 16.9. The molecule has 0 radical (unpaired) electrons. The van der Waals surface area contributed by atoms with Crippen LogP contribution in [0.4, 0.5) is 0 Å². The Hall–Kier alpha value is -0.840. The van der Waals surface area contributed by atoms with Crippen LogP contribution in [0, 0.1) is 5.92 Å².